The fourth-order valence-electron chi connectivity index (χ4n) is 1.53. The average Bonchev–Trinajstić information content (AvgIpc) is 2.50. The second-order valence-electron chi connectivity index (χ2n) is 3.88. The zero-order valence-corrected chi connectivity index (χ0v) is 8.29. The summed E-state index contributed by atoms with van der Waals surface area (Å²) >= 11 is 0. The Labute approximate surface area is 78.9 Å². The maximum atomic E-state index is 10.8. The first-order valence-electron chi connectivity index (χ1n) is 4.85. The molecule has 0 aromatic heterocycles. The van der Waals surface area contributed by atoms with E-state index in [1.54, 1.807) is 0 Å². The molecule has 0 radical (unpaired) electrons. The summed E-state index contributed by atoms with van der Waals surface area (Å²) in [6.07, 6.45) is 2.33. The van der Waals surface area contributed by atoms with Gasteiger partial charge in [-0.25, -0.2) is 10.4 Å². The van der Waals surface area contributed by atoms with Gasteiger partial charge in [-0.3, -0.25) is 4.79 Å². The van der Waals surface area contributed by atoms with E-state index in [2.05, 4.69) is 5.43 Å². The van der Waals surface area contributed by atoms with Gasteiger partial charge in [-0.1, -0.05) is 13.8 Å². The number of carbonyl (C=O) groups is 1. The fourth-order valence-corrected chi connectivity index (χ4v) is 1.53. The number of hydrazine groups is 1. The van der Waals surface area contributed by atoms with Gasteiger partial charge in [0.15, 0.2) is 0 Å². The van der Waals surface area contributed by atoms with E-state index >= 15 is 0 Å². The normalized spacial score (nSPS) is 20.8. The van der Waals surface area contributed by atoms with Gasteiger partial charge in [0.1, 0.15) is 6.04 Å². The smallest absolute Gasteiger partial charge is 0.322 e. The molecular formula is C9H18N2O2. The molecule has 1 rings (SSSR count). The van der Waals surface area contributed by atoms with Gasteiger partial charge in [0.05, 0.1) is 0 Å². The molecule has 4 heteroatoms. The first-order chi connectivity index (χ1) is 6.11. The Hall–Kier alpha value is -0.610. The molecule has 0 saturated carbocycles. The van der Waals surface area contributed by atoms with Crippen molar-refractivity contribution in [1.82, 2.24) is 10.4 Å². The number of nitrogens with one attached hydrogen (secondary N) is 1. The second kappa shape index (κ2) is 4.58. The van der Waals surface area contributed by atoms with Gasteiger partial charge in [-0.05, 0) is 18.8 Å². The van der Waals surface area contributed by atoms with Crippen molar-refractivity contribution >= 4 is 5.97 Å². The van der Waals surface area contributed by atoms with Crippen molar-refractivity contribution < 1.29 is 9.90 Å². The van der Waals surface area contributed by atoms with Crippen LogP contribution in [0.2, 0.25) is 0 Å². The molecule has 2 N–H and O–H groups in total. The average molecular weight is 186 g/mol. The molecule has 76 valence electrons. The lowest BCUT2D eigenvalue weighted by atomic mass is 10.1. The zero-order chi connectivity index (χ0) is 9.84. The van der Waals surface area contributed by atoms with Crippen LogP contribution in [0.15, 0.2) is 0 Å². The molecule has 0 bridgehead atoms. The van der Waals surface area contributed by atoms with Gasteiger partial charge < -0.3 is 5.11 Å². The Morgan fingerprint density at radius 2 is 1.92 bits per heavy atom. The maximum absolute atomic E-state index is 10.8. The monoisotopic (exact) mass is 186 g/mol. The first-order valence-corrected chi connectivity index (χ1v) is 4.85. The number of hydrogen-bond donors (Lipinski definition) is 2. The van der Waals surface area contributed by atoms with Crippen LogP contribution in [0.3, 0.4) is 0 Å². The van der Waals surface area contributed by atoms with Crippen molar-refractivity contribution in [1.29, 1.82) is 0 Å². The van der Waals surface area contributed by atoms with Crippen LogP contribution >= 0.6 is 0 Å². The summed E-state index contributed by atoms with van der Waals surface area (Å²) in [5, 5.41) is 10.9. The molecule has 0 unspecified atom stereocenters. The van der Waals surface area contributed by atoms with Gasteiger partial charge in [0.25, 0.3) is 0 Å². The van der Waals surface area contributed by atoms with Gasteiger partial charge in [0, 0.05) is 13.1 Å². The largest absolute Gasteiger partial charge is 0.480 e. The molecule has 0 aliphatic carbocycles. The molecule has 1 saturated heterocycles. The number of aliphatic carboxylic acids is 1. The molecule has 1 aliphatic rings. The van der Waals surface area contributed by atoms with E-state index in [1.165, 1.54) is 0 Å². The van der Waals surface area contributed by atoms with Gasteiger partial charge >= 0.3 is 5.97 Å². The third kappa shape index (κ3) is 2.97. The highest BCUT2D eigenvalue weighted by Gasteiger charge is 2.24. The van der Waals surface area contributed by atoms with E-state index < -0.39 is 12.0 Å². The van der Waals surface area contributed by atoms with E-state index in [9.17, 15) is 4.79 Å². The van der Waals surface area contributed by atoms with E-state index in [-0.39, 0.29) is 5.92 Å². The molecule has 1 atom stereocenters. The minimum atomic E-state index is -0.762. The van der Waals surface area contributed by atoms with Gasteiger partial charge in [-0.15, -0.1) is 0 Å². The summed E-state index contributed by atoms with van der Waals surface area (Å²) in [5.74, 6) is -0.639. The van der Waals surface area contributed by atoms with E-state index in [0.29, 0.717) is 0 Å². The lowest BCUT2D eigenvalue weighted by molar-refractivity contribution is -0.142. The molecule has 1 heterocycles. The van der Waals surface area contributed by atoms with Crippen molar-refractivity contribution in [3.05, 3.63) is 0 Å². The van der Waals surface area contributed by atoms with Crippen LogP contribution in [0.1, 0.15) is 26.7 Å². The SMILES string of the molecule is CC(C)[C@H](NN1CCCC1)C(=O)O. The van der Waals surface area contributed by atoms with Crippen LogP contribution in [0.25, 0.3) is 0 Å². The van der Waals surface area contributed by atoms with Crippen molar-refractivity contribution in [3.63, 3.8) is 0 Å². The number of hydrogen-bond acceptors (Lipinski definition) is 3. The highest BCUT2D eigenvalue weighted by molar-refractivity contribution is 5.73. The van der Waals surface area contributed by atoms with Gasteiger partial charge in [0.2, 0.25) is 0 Å². The summed E-state index contributed by atoms with van der Waals surface area (Å²) < 4.78 is 0. The molecule has 0 aromatic rings. The fraction of sp³-hybridized carbons (Fsp3) is 0.889. The second-order valence-corrected chi connectivity index (χ2v) is 3.88. The molecule has 4 nitrogen and oxygen atoms in total. The van der Waals surface area contributed by atoms with Crippen molar-refractivity contribution in [3.8, 4) is 0 Å². The van der Waals surface area contributed by atoms with E-state index in [1.807, 2.05) is 18.9 Å². The molecule has 0 amide bonds. The Morgan fingerprint density at radius 1 is 1.38 bits per heavy atom. The van der Waals surface area contributed by atoms with E-state index in [0.717, 1.165) is 25.9 Å². The van der Waals surface area contributed by atoms with Crippen molar-refractivity contribution in [2.45, 2.75) is 32.7 Å². The van der Waals surface area contributed by atoms with Crippen LogP contribution in [0.4, 0.5) is 0 Å². The Kier molecular flexibility index (Phi) is 3.69. The Balaban J connectivity index is 2.41. The third-order valence-corrected chi connectivity index (χ3v) is 2.36. The predicted molar refractivity (Wildman–Crippen MR) is 50.2 cm³/mol. The van der Waals surface area contributed by atoms with Crippen molar-refractivity contribution in [2.24, 2.45) is 5.92 Å². The van der Waals surface area contributed by atoms with Crippen LogP contribution in [-0.2, 0) is 4.79 Å². The molecule has 0 spiro atoms. The Bertz CT molecular complexity index is 176. The van der Waals surface area contributed by atoms with Crippen LogP contribution in [0, 0.1) is 5.92 Å². The summed E-state index contributed by atoms with van der Waals surface area (Å²) in [7, 11) is 0. The summed E-state index contributed by atoms with van der Waals surface area (Å²) in [5.41, 5.74) is 3.05. The summed E-state index contributed by atoms with van der Waals surface area (Å²) in [6, 6.07) is -0.446. The number of nitrogens with zero attached hydrogens (tertiary/aromatic N) is 1. The first kappa shape index (κ1) is 10.5. The maximum Gasteiger partial charge on any atom is 0.322 e. The quantitative estimate of drug-likeness (QED) is 0.678. The topological polar surface area (TPSA) is 52.6 Å². The molecule has 1 aliphatic heterocycles. The van der Waals surface area contributed by atoms with Crippen LogP contribution < -0.4 is 5.43 Å². The minimum Gasteiger partial charge on any atom is -0.480 e. The highest BCUT2D eigenvalue weighted by atomic mass is 16.4. The van der Waals surface area contributed by atoms with Crippen molar-refractivity contribution in [2.75, 3.05) is 13.1 Å². The summed E-state index contributed by atoms with van der Waals surface area (Å²) in [6.45, 7) is 5.77. The van der Waals surface area contributed by atoms with Crippen LogP contribution in [0.5, 0.6) is 0 Å². The molecule has 13 heavy (non-hydrogen) atoms. The molecule has 0 aromatic carbocycles. The van der Waals surface area contributed by atoms with E-state index in [4.69, 9.17) is 5.11 Å². The Morgan fingerprint density at radius 3 is 2.31 bits per heavy atom. The lowest BCUT2D eigenvalue weighted by Crippen LogP contribution is -2.49. The molecule has 1 fully saturated rings. The number of rotatable bonds is 4. The predicted octanol–water partition coefficient (Wildman–Crippen LogP) is 0.696. The summed E-state index contributed by atoms with van der Waals surface area (Å²) in [4.78, 5) is 10.8. The lowest BCUT2D eigenvalue weighted by Gasteiger charge is -2.24. The highest BCUT2D eigenvalue weighted by Crippen LogP contribution is 2.08. The van der Waals surface area contributed by atoms with Crippen LogP contribution in [-0.4, -0.2) is 35.2 Å². The standard InChI is InChI=1S/C9H18N2O2/c1-7(2)8(9(12)13)10-11-5-3-4-6-11/h7-8,10H,3-6H2,1-2H3,(H,12,13)/t8-/m0/s1. The third-order valence-electron chi connectivity index (χ3n) is 2.36. The number of carboxylic acids is 1. The zero-order valence-electron chi connectivity index (χ0n) is 8.29. The molecular weight excluding hydrogens is 168 g/mol. The number of carboxylic acid groups (broad SMARTS) is 1. The minimum absolute atomic E-state index is 0.123. The van der Waals surface area contributed by atoms with Gasteiger partial charge in [-0.2, -0.15) is 0 Å².